The van der Waals surface area contributed by atoms with E-state index in [-0.39, 0.29) is 5.78 Å². The lowest BCUT2D eigenvalue weighted by Gasteiger charge is -2.20. The molecule has 0 saturated heterocycles. The van der Waals surface area contributed by atoms with Crippen molar-refractivity contribution in [1.29, 1.82) is 0 Å². The van der Waals surface area contributed by atoms with Crippen molar-refractivity contribution in [3.8, 4) is 0 Å². The van der Waals surface area contributed by atoms with E-state index in [4.69, 9.17) is 0 Å². The first kappa shape index (κ1) is 18.2. The maximum absolute atomic E-state index is 12.6. The number of anilines is 4. The fourth-order valence-electron chi connectivity index (χ4n) is 3.52. The second kappa shape index (κ2) is 7.43. The first-order valence-corrected chi connectivity index (χ1v) is 9.62. The lowest BCUT2D eigenvalue weighted by molar-refractivity contribution is 0.0972. The molecule has 2 aromatic carbocycles. The number of ketones is 1. The summed E-state index contributed by atoms with van der Waals surface area (Å²) in [7, 11) is 0. The summed E-state index contributed by atoms with van der Waals surface area (Å²) >= 11 is 0. The van der Waals surface area contributed by atoms with Crippen LogP contribution in [-0.2, 0) is 6.42 Å². The van der Waals surface area contributed by atoms with Crippen molar-refractivity contribution in [2.75, 3.05) is 10.6 Å². The summed E-state index contributed by atoms with van der Waals surface area (Å²) in [5.74, 6) is 1.19. The zero-order valence-electron chi connectivity index (χ0n) is 16.5. The smallest absolute Gasteiger partial charge is 0.229 e. The van der Waals surface area contributed by atoms with E-state index < -0.39 is 0 Å². The van der Waals surface area contributed by atoms with Crippen LogP contribution in [0.4, 0.5) is 23.1 Å². The van der Waals surface area contributed by atoms with Crippen molar-refractivity contribution in [1.82, 2.24) is 9.97 Å². The van der Waals surface area contributed by atoms with Gasteiger partial charge >= 0.3 is 0 Å². The third kappa shape index (κ3) is 3.74. The average Bonchev–Trinajstić information content (AvgIpc) is 2.66. The number of rotatable bonds is 4. The highest BCUT2D eigenvalue weighted by Gasteiger charge is 2.25. The number of aryl methyl sites for hydroxylation is 4. The first-order valence-electron chi connectivity index (χ1n) is 9.62. The summed E-state index contributed by atoms with van der Waals surface area (Å²) in [5.41, 5.74) is 6.82. The number of nitrogens with zero attached hydrogens (tertiary/aromatic N) is 2. The molecule has 1 aliphatic carbocycles. The van der Waals surface area contributed by atoms with Gasteiger partial charge in [-0.25, -0.2) is 4.98 Å². The van der Waals surface area contributed by atoms with Crippen LogP contribution < -0.4 is 10.6 Å². The molecule has 1 aromatic heterocycles. The minimum Gasteiger partial charge on any atom is -0.339 e. The normalized spacial score (nSPS) is 13.2. The quantitative estimate of drug-likeness (QED) is 0.641. The molecule has 0 fully saturated rings. The minimum absolute atomic E-state index is 0.107. The van der Waals surface area contributed by atoms with Gasteiger partial charge in [-0.05, 0) is 57.4 Å². The molecule has 142 valence electrons. The number of benzene rings is 2. The summed E-state index contributed by atoms with van der Waals surface area (Å²) < 4.78 is 0. The predicted octanol–water partition coefficient (Wildman–Crippen LogP) is 5.41. The Morgan fingerprint density at radius 2 is 1.61 bits per heavy atom. The minimum atomic E-state index is 0.107. The molecule has 0 spiro atoms. The third-order valence-corrected chi connectivity index (χ3v) is 5.02. The van der Waals surface area contributed by atoms with Crippen molar-refractivity contribution in [2.45, 2.75) is 40.0 Å². The molecule has 0 amide bonds. The summed E-state index contributed by atoms with van der Waals surface area (Å²) in [6.45, 7) is 6.17. The Hall–Kier alpha value is -3.21. The van der Waals surface area contributed by atoms with E-state index in [1.165, 1.54) is 11.1 Å². The second-order valence-electron chi connectivity index (χ2n) is 7.43. The van der Waals surface area contributed by atoms with Gasteiger partial charge in [0.1, 0.15) is 5.82 Å². The summed E-state index contributed by atoms with van der Waals surface area (Å²) in [6, 6.07) is 14.3. The Morgan fingerprint density at radius 1 is 0.857 bits per heavy atom. The fourth-order valence-corrected chi connectivity index (χ4v) is 3.52. The van der Waals surface area contributed by atoms with Crippen LogP contribution in [0, 0.1) is 20.8 Å². The zero-order valence-corrected chi connectivity index (χ0v) is 16.5. The van der Waals surface area contributed by atoms with Crippen molar-refractivity contribution in [2.24, 2.45) is 0 Å². The number of Topliss-reactive ketones (excluding diaryl/α,β-unsaturated/α-hetero) is 1. The maximum atomic E-state index is 12.6. The molecule has 1 aliphatic rings. The van der Waals surface area contributed by atoms with Gasteiger partial charge in [-0.15, -0.1) is 0 Å². The molecule has 0 atom stereocenters. The van der Waals surface area contributed by atoms with Gasteiger partial charge in [0, 0.05) is 17.8 Å². The lowest BCUT2D eigenvalue weighted by atomic mass is 9.95. The number of carbonyl (C=O) groups is 1. The van der Waals surface area contributed by atoms with Gasteiger partial charge in [-0.3, -0.25) is 4.79 Å². The van der Waals surface area contributed by atoms with Crippen molar-refractivity contribution >= 4 is 28.9 Å². The molecule has 1 heterocycles. The fraction of sp³-hybridized carbons (Fsp3) is 0.261. The molecule has 28 heavy (non-hydrogen) atoms. The molecular formula is C23H24N4O. The molecule has 2 N–H and O–H groups in total. The Balaban J connectivity index is 1.74. The SMILES string of the molecule is Cc1ccc(Nc2nc3c(c(Nc4ccc(C)cc4C)n2)C(=O)CCC3)cc1. The topological polar surface area (TPSA) is 66.9 Å². The van der Waals surface area contributed by atoms with Crippen LogP contribution in [0.25, 0.3) is 0 Å². The van der Waals surface area contributed by atoms with Gasteiger partial charge in [0.15, 0.2) is 5.78 Å². The van der Waals surface area contributed by atoms with Crippen molar-refractivity contribution in [3.05, 3.63) is 70.4 Å². The van der Waals surface area contributed by atoms with E-state index in [0.29, 0.717) is 23.8 Å². The van der Waals surface area contributed by atoms with Gasteiger partial charge in [-0.1, -0.05) is 35.4 Å². The van der Waals surface area contributed by atoms with Crippen molar-refractivity contribution in [3.63, 3.8) is 0 Å². The van der Waals surface area contributed by atoms with Crippen LogP contribution in [-0.4, -0.2) is 15.8 Å². The molecule has 0 unspecified atom stereocenters. The van der Waals surface area contributed by atoms with E-state index in [0.717, 1.165) is 35.5 Å². The second-order valence-corrected chi connectivity index (χ2v) is 7.43. The highest BCUT2D eigenvalue weighted by Crippen LogP contribution is 2.30. The van der Waals surface area contributed by atoms with Crippen molar-refractivity contribution < 1.29 is 4.79 Å². The standard InChI is InChI=1S/C23H24N4O/c1-14-7-10-17(11-8-14)24-23-26-19-5-4-6-20(28)21(19)22(27-23)25-18-12-9-15(2)13-16(18)3/h7-13H,4-6H2,1-3H3,(H2,24,25,26,27). The van der Waals surface area contributed by atoms with Gasteiger partial charge in [-0.2, -0.15) is 4.98 Å². The molecular weight excluding hydrogens is 348 g/mol. The maximum Gasteiger partial charge on any atom is 0.229 e. The van der Waals surface area contributed by atoms with Crippen LogP contribution in [0.2, 0.25) is 0 Å². The van der Waals surface area contributed by atoms with E-state index in [1.807, 2.05) is 30.3 Å². The molecule has 4 rings (SSSR count). The van der Waals surface area contributed by atoms with Crippen LogP contribution in [0.15, 0.2) is 42.5 Å². The largest absolute Gasteiger partial charge is 0.339 e. The highest BCUT2D eigenvalue weighted by atomic mass is 16.1. The predicted molar refractivity (Wildman–Crippen MR) is 113 cm³/mol. The molecule has 5 heteroatoms. The lowest BCUT2D eigenvalue weighted by Crippen LogP contribution is -2.18. The van der Waals surface area contributed by atoms with E-state index in [2.05, 4.69) is 53.5 Å². The molecule has 3 aromatic rings. The Morgan fingerprint density at radius 3 is 2.36 bits per heavy atom. The number of fused-ring (bicyclic) bond motifs is 1. The monoisotopic (exact) mass is 372 g/mol. The third-order valence-electron chi connectivity index (χ3n) is 5.02. The van der Waals surface area contributed by atoms with Crippen LogP contribution >= 0.6 is 0 Å². The summed E-state index contributed by atoms with van der Waals surface area (Å²) in [5, 5.41) is 6.65. The summed E-state index contributed by atoms with van der Waals surface area (Å²) in [4.78, 5) is 21.9. The number of hydrogen-bond acceptors (Lipinski definition) is 5. The highest BCUT2D eigenvalue weighted by molar-refractivity contribution is 6.03. The number of carbonyl (C=O) groups excluding carboxylic acids is 1. The van der Waals surface area contributed by atoms with E-state index >= 15 is 0 Å². The van der Waals surface area contributed by atoms with Gasteiger partial charge in [0.05, 0.1) is 11.3 Å². The van der Waals surface area contributed by atoms with E-state index in [1.54, 1.807) is 0 Å². The summed E-state index contributed by atoms with van der Waals surface area (Å²) in [6.07, 6.45) is 2.16. The Labute approximate surface area is 165 Å². The molecule has 0 bridgehead atoms. The first-order chi connectivity index (χ1) is 13.5. The van der Waals surface area contributed by atoms with Gasteiger partial charge in [0.25, 0.3) is 0 Å². The Bertz CT molecular complexity index is 1040. The molecule has 5 nitrogen and oxygen atoms in total. The number of nitrogens with one attached hydrogen (secondary N) is 2. The molecule has 0 aliphatic heterocycles. The van der Waals surface area contributed by atoms with Crippen LogP contribution in [0.3, 0.4) is 0 Å². The number of aromatic nitrogens is 2. The van der Waals surface area contributed by atoms with Gasteiger partial charge < -0.3 is 10.6 Å². The van der Waals surface area contributed by atoms with E-state index in [9.17, 15) is 4.79 Å². The van der Waals surface area contributed by atoms with Crippen LogP contribution in [0.1, 0.15) is 45.6 Å². The average molecular weight is 372 g/mol. The Kier molecular flexibility index (Phi) is 4.82. The zero-order chi connectivity index (χ0) is 19.7. The van der Waals surface area contributed by atoms with Crippen LogP contribution in [0.5, 0.6) is 0 Å². The number of hydrogen-bond donors (Lipinski definition) is 2. The molecule has 0 radical (unpaired) electrons. The van der Waals surface area contributed by atoms with Gasteiger partial charge in [0.2, 0.25) is 5.95 Å². The molecule has 0 saturated carbocycles.